The van der Waals surface area contributed by atoms with Crippen molar-refractivity contribution in [2.45, 2.75) is 46.7 Å². The van der Waals surface area contributed by atoms with Crippen molar-refractivity contribution in [3.05, 3.63) is 76.1 Å². The van der Waals surface area contributed by atoms with Crippen molar-refractivity contribution < 1.29 is 18.0 Å². The number of alkyl halides is 3. The first-order chi connectivity index (χ1) is 16.6. The first-order valence-corrected chi connectivity index (χ1v) is 11.8. The van der Waals surface area contributed by atoms with E-state index in [1.165, 1.54) is 9.30 Å². The maximum absolute atomic E-state index is 14.3. The summed E-state index contributed by atoms with van der Waals surface area (Å²) < 4.78 is 46.1. The summed E-state index contributed by atoms with van der Waals surface area (Å²) in [5.41, 5.74) is 4.37. The Kier molecular flexibility index (Phi) is 5.49. The molecule has 182 valence electrons. The smallest absolute Gasteiger partial charge is 0.333 e. The molecular formula is C27H27F3N4O. The van der Waals surface area contributed by atoms with Gasteiger partial charge in [-0.3, -0.25) is 13.8 Å². The lowest BCUT2D eigenvalue weighted by atomic mass is 10.0. The molecule has 0 saturated heterocycles. The molecule has 0 fully saturated rings. The van der Waals surface area contributed by atoms with Gasteiger partial charge in [-0.25, -0.2) is 4.98 Å². The first-order valence-electron chi connectivity index (χ1n) is 11.8. The lowest BCUT2D eigenvalue weighted by Crippen LogP contribution is -2.34. The minimum atomic E-state index is -4.78. The van der Waals surface area contributed by atoms with Gasteiger partial charge in [0.2, 0.25) is 5.78 Å². The Morgan fingerprint density at radius 3 is 2.29 bits per heavy atom. The number of aryl methyl sites for hydroxylation is 3. The van der Waals surface area contributed by atoms with E-state index in [1.807, 2.05) is 58.0 Å². The summed E-state index contributed by atoms with van der Waals surface area (Å²) in [4.78, 5) is 19.3. The Morgan fingerprint density at radius 2 is 1.71 bits per heavy atom. The molecule has 5 nitrogen and oxygen atoms in total. The molecule has 0 aliphatic heterocycles. The van der Waals surface area contributed by atoms with Crippen LogP contribution >= 0.6 is 0 Å². The molecule has 0 unspecified atom stereocenters. The van der Waals surface area contributed by atoms with Crippen LogP contribution < -0.4 is 0 Å². The van der Waals surface area contributed by atoms with Crippen LogP contribution in [0.5, 0.6) is 0 Å². The third kappa shape index (κ3) is 3.90. The molecule has 0 bridgehead atoms. The van der Waals surface area contributed by atoms with Gasteiger partial charge in [-0.1, -0.05) is 48.4 Å². The monoisotopic (exact) mass is 480 g/mol. The van der Waals surface area contributed by atoms with E-state index in [9.17, 15) is 18.0 Å². The average molecular weight is 481 g/mol. The molecule has 5 rings (SSSR count). The number of aromatic nitrogens is 3. The van der Waals surface area contributed by atoms with Gasteiger partial charge in [0, 0.05) is 13.1 Å². The van der Waals surface area contributed by atoms with Crippen LogP contribution in [0.3, 0.4) is 0 Å². The van der Waals surface area contributed by atoms with Crippen LogP contribution in [0.2, 0.25) is 0 Å². The molecular weight excluding hydrogens is 453 g/mol. The quantitative estimate of drug-likeness (QED) is 0.300. The highest BCUT2D eigenvalue weighted by molar-refractivity contribution is 5.98. The third-order valence-electron chi connectivity index (χ3n) is 6.42. The van der Waals surface area contributed by atoms with E-state index in [1.54, 1.807) is 16.7 Å². The second kappa shape index (κ2) is 8.29. The lowest BCUT2D eigenvalue weighted by Gasteiger charge is -2.21. The molecule has 4 aromatic rings. The van der Waals surface area contributed by atoms with E-state index < -0.39 is 23.5 Å². The number of halogens is 3. The number of imidazole rings is 2. The Hall–Kier alpha value is -3.55. The molecule has 35 heavy (non-hydrogen) atoms. The molecule has 0 atom stereocenters. The number of hydrogen-bond donors (Lipinski definition) is 0. The molecule has 0 radical (unpaired) electrons. The highest BCUT2D eigenvalue weighted by atomic mass is 19.4. The topological polar surface area (TPSA) is 42.5 Å². The van der Waals surface area contributed by atoms with Crippen LogP contribution in [-0.2, 0) is 6.18 Å². The number of amides is 1. The summed E-state index contributed by atoms with van der Waals surface area (Å²) in [5.74, 6) is -0.571. The SMILES string of the molecule is CCCN(CC1=CC1)C(=O)c1c(C(F)(F)F)nc2n(-c3c(C)cc(C)cc3C)c3ccccc3n12. The second-order valence-corrected chi connectivity index (χ2v) is 9.31. The Bertz CT molecular complexity index is 1480. The van der Waals surface area contributed by atoms with Crippen LogP contribution in [0.1, 0.15) is 52.6 Å². The summed E-state index contributed by atoms with van der Waals surface area (Å²) >= 11 is 0. The van der Waals surface area contributed by atoms with Crippen LogP contribution in [0.4, 0.5) is 13.2 Å². The van der Waals surface area contributed by atoms with Gasteiger partial charge in [-0.15, -0.1) is 0 Å². The number of allylic oxidation sites excluding steroid dienone is 1. The molecule has 1 aliphatic carbocycles. The number of carbonyl (C=O) groups is 1. The van der Waals surface area contributed by atoms with E-state index in [2.05, 4.69) is 4.98 Å². The number of rotatable bonds is 6. The van der Waals surface area contributed by atoms with Crippen LogP contribution in [0.25, 0.3) is 22.5 Å². The number of para-hydroxylation sites is 2. The zero-order valence-electron chi connectivity index (χ0n) is 20.2. The van der Waals surface area contributed by atoms with Gasteiger partial charge >= 0.3 is 6.18 Å². The molecule has 1 aliphatic rings. The van der Waals surface area contributed by atoms with Gasteiger partial charge in [0.15, 0.2) is 5.69 Å². The first kappa shape index (κ1) is 23.2. The largest absolute Gasteiger partial charge is 0.435 e. The number of nitrogens with zero attached hydrogens (tertiary/aromatic N) is 4. The number of hydrogen-bond acceptors (Lipinski definition) is 2. The van der Waals surface area contributed by atoms with Crippen molar-refractivity contribution in [1.82, 2.24) is 18.9 Å². The fraction of sp³-hybridized carbons (Fsp3) is 0.333. The molecule has 2 aromatic heterocycles. The van der Waals surface area contributed by atoms with Gasteiger partial charge in [0.25, 0.3) is 5.91 Å². The molecule has 0 saturated carbocycles. The standard InChI is InChI=1S/C27H27F3N4O/c1-5-12-32(15-19-10-11-19)25(35)23-24(27(28,29)30)31-26-33(20-8-6-7-9-21(20)34(23)26)22-17(3)13-16(2)14-18(22)4/h6-10,13-14H,5,11-12,15H2,1-4H3. The fourth-order valence-electron chi connectivity index (χ4n) is 5.00. The highest BCUT2D eigenvalue weighted by Crippen LogP contribution is 2.37. The van der Waals surface area contributed by atoms with E-state index >= 15 is 0 Å². The maximum Gasteiger partial charge on any atom is 0.435 e. The van der Waals surface area contributed by atoms with Gasteiger partial charge in [-0.05, 0) is 56.9 Å². The summed E-state index contributed by atoms with van der Waals surface area (Å²) in [6.45, 7) is 8.48. The Morgan fingerprint density at radius 1 is 1.09 bits per heavy atom. The average Bonchev–Trinajstić information content (AvgIpc) is 3.42. The summed E-state index contributed by atoms with van der Waals surface area (Å²) in [6, 6.07) is 11.2. The van der Waals surface area contributed by atoms with E-state index in [0.29, 0.717) is 30.5 Å². The fourth-order valence-corrected chi connectivity index (χ4v) is 5.00. The molecule has 0 spiro atoms. The number of carbonyl (C=O) groups excluding carboxylic acids is 1. The van der Waals surface area contributed by atoms with Gasteiger partial charge in [0.05, 0.1) is 16.7 Å². The van der Waals surface area contributed by atoms with E-state index in [0.717, 1.165) is 34.4 Å². The van der Waals surface area contributed by atoms with Crippen molar-refractivity contribution in [2.75, 3.05) is 13.1 Å². The zero-order chi connectivity index (χ0) is 25.1. The van der Waals surface area contributed by atoms with Crippen molar-refractivity contribution in [2.24, 2.45) is 0 Å². The highest BCUT2D eigenvalue weighted by Gasteiger charge is 2.42. The minimum Gasteiger partial charge on any atom is -0.333 e. The lowest BCUT2D eigenvalue weighted by molar-refractivity contribution is -0.141. The normalized spacial score (nSPS) is 13.5. The number of fused-ring (bicyclic) bond motifs is 3. The summed E-state index contributed by atoms with van der Waals surface area (Å²) in [6.07, 6.45) is -1.35. The molecule has 2 heterocycles. The predicted octanol–water partition coefficient (Wildman–Crippen LogP) is 6.40. The molecule has 8 heteroatoms. The molecule has 0 N–H and O–H groups in total. The van der Waals surface area contributed by atoms with Gasteiger partial charge < -0.3 is 4.90 Å². The van der Waals surface area contributed by atoms with Crippen molar-refractivity contribution >= 4 is 22.7 Å². The third-order valence-corrected chi connectivity index (χ3v) is 6.42. The summed E-state index contributed by atoms with van der Waals surface area (Å²) in [7, 11) is 0. The van der Waals surface area contributed by atoms with Crippen molar-refractivity contribution in [1.29, 1.82) is 0 Å². The zero-order valence-corrected chi connectivity index (χ0v) is 20.2. The van der Waals surface area contributed by atoms with Crippen LogP contribution in [-0.4, -0.2) is 37.8 Å². The minimum absolute atomic E-state index is 0.0824. The molecule has 1 amide bonds. The van der Waals surface area contributed by atoms with Gasteiger partial charge in [0.1, 0.15) is 5.69 Å². The van der Waals surface area contributed by atoms with Crippen LogP contribution in [0, 0.1) is 20.8 Å². The van der Waals surface area contributed by atoms with Crippen molar-refractivity contribution in [3.63, 3.8) is 0 Å². The van der Waals surface area contributed by atoms with Crippen molar-refractivity contribution in [3.8, 4) is 5.69 Å². The number of benzene rings is 2. The van der Waals surface area contributed by atoms with Gasteiger partial charge in [-0.2, -0.15) is 13.2 Å². The van der Waals surface area contributed by atoms with E-state index in [4.69, 9.17) is 0 Å². The molecule has 2 aromatic carbocycles. The Labute approximate surface area is 201 Å². The Balaban J connectivity index is 1.86. The summed E-state index contributed by atoms with van der Waals surface area (Å²) in [5, 5.41) is 0. The second-order valence-electron chi connectivity index (χ2n) is 9.31. The van der Waals surface area contributed by atoms with E-state index in [-0.39, 0.29) is 5.78 Å². The van der Waals surface area contributed by atoms with Crippen LogP contribution in [0.15, 0.2) is 48.0 Å². The maximum atomic E-state index is 14.3. The predicted molar refractivity (Wildman–Crippen MR) is 130 cm³/mol.